The van der Waals surface area contributed by atoms with Crippen LogP contribution in [0.1, 0.15) is 28.2 Å². The van der Waals surface area contributed by atoms with Crippen LogP contribution in [-0.2, 0) is 11.3 Å². The van der Waals surface area contributed by atoms with E-state index in [9.17, 15) is 14.8 Å². The molecule has 1 aliphatic carbocycles. The molecule has 0 saturated carbocycles. The number of amides is 1. The van der Waals surface area contributed by atoms with Gasteiger partial charge in [0.05, 0.1) is 0 Å². The zero-order valence-corrected chi connectivity index (χ0v) is 19.4. The monoisotopic (exact) mass is 466 g/mol. The molecule has 3 aromatic rings. The molecule has 0 aromatic heterocycles. The summed E-state index contributed by atoms with van der Waals surface area (Å²) in [6, 6.07) is 21.8. The van der Waals surface area contributed by atoms with E-state index in [-0.39, 0.29) is 12.0 Å². The van der Waals surface area contributed by atoms with Crippen molar-refractivity contribution in [2.24, 2.45) is 0 Å². The number of terminal acetylenes is 1. The molecule has 0 radical (unpaired) electrons. The molecule has 3 aromatic carbocycles. The third-order valence-electron chi connectivity index (χ3n) is 6.85. The quantitative estimate of drug-likeness (QED) is 0.447. The molecule has 1 heterocycles. The first-order valence-electron chi connectivity index (χ1n) is 11.8. The lowest BCUT2D eigenvalue weighted by Gasteiger charge is -2.34. The molecular formula is C28H27BN2O4. The van der Waals surface area contributed by atoms with Crippen LogP contribution in [-0.4, -0.2) is 65.8 Å². The maximum absolute atomic E-state index is 12.9. The van der Waals surface area contributed by atoms with Gasteiger partial charge >= 0.3 is 13.2 Å². The van der Waals surface area contributed by atoms with Crippen LogP contribution in [0.3, 0.4) is 0 Å². The molecule has 2 N–H and O–H groups in total. The third kappa shape index (κ3) is 4.82. The highest BCUT2D eigenvalue weighted by atomic mass is 16.6. The number of rotatable bonds is 5. The summed E-state index contributed by atoms with van der Waals surface area (Å²) in [6.07, 6.45) is 5.23. The summed E-state index contributed by atoms with van der Waals surface area (Å²) < 4.78 is 5.80. The van der Waals surface area contributed by atoms with Crippen LogP contribution in [0.2, 0.25) is 0 Å². The van der Waals surface area contributed by atoms with Crippen molar-refractivity contribution in [2.45, 2.75) is 12.5 Å². The Labute approximate surface area is 205 Å². The van der Waals surface area contributed by atoms with E-state index in [2.05, 4.69) is 35.1 Å². The molecule has 1 aliphatic heterocycles. The fourth-order valence-electron chi connectivity index (χ4n) is 5.07. The number of ether oxygens (including phenoxy) is 1. The van der Waals surface area contributed by atoms with E-state index in [4.69, 9.17) is 11.2 Å². The molecule has 1 saturated heterocycles. The molecular weight excluding hydrogens is 439 g/mol. The third-order valence-corrected chi connectivity index (χ3v) is 6.85. The van der Waals surface area contributed by atoms with E-state index in [0.717, 1.165) is 5.56 Å². The Morgan fingerprint density at radius 2 is 1.60 bits per heavy atom. The molecule has 1 fully saturated rings. The summed E-state index contributed by atoms with van der Waals surface area (Å²) in [5.41, 5.74) is 6.74. The SMILES string of the molecule is C#Cc1cc(CN2CCN(C(=O)OCC3c4ccccc4-c4ccccc43)CC2)cc(B(O)O)c1. The first kappa shape index (κ1) is 23.2. The van der Waals surface area contributed by atoms with Gasteiger partial charge in [0.2, 0.25) is 0 Å². The van der Waals surface area contributed by atoms with Gasteiger partial charge in [0.15, 0.2) is 0 Å². The van der Waals surface area contributed by atoms with Crippen LogP contribution in [0.15, 0.2) is 66.7 Å². The molecule has 7 heteroatoms. The lowest BCUT2D eigenvalue weighted by atomic mass is 9.78. The number of carbonyl (C=O) groups is 1. The number of benzene rings is 3. The standard InChI is InChI=1S/C28H27BN2O4/c1-2-20-15-21(17-22(16-20)29(33)34)18-30-11-13-31(14-12-30)28(32)35-19-27-25-9-5-3-7-23(25)24-8-4-6-10-26(24)27/h1,3-10,15-17,27,33-34H,11-14,18-19H2. The Morgan fingerprint density at radius 1 is 0.971 bits per heavy atom. The highest BCUT2D eigenvalue weighted by Gasteiger charge is 2.30. The lowest BCUT2D eigenvalue weighted by Crippen LogP contribution is -2.48. The normalized spacial score (nSPS) is 15.3. The largest absolute Gasteiger partial charge is 0.488 e. The molecule has 1 amide bonds. The van der Waals surface area contributed by atoms with Crippen LogP contribution < -0.4 is 5.46 Å². The minimum Gasteiger partial charge on any atom is -0.448 e. The van der Waals surface area contributed by atoms with Gasteiger partial charge in [0.25, 0.3) is 0 Å². The van der Waals surface area contributed by atoms with Crippen molar-refractivity contribution in [1.82, 2.24) is 9.80 Å². The van der Waals surface area contributed by atoms with E-state index in [1.54, 1.807) is 17.0 Å². The highest BCUT2D eigenvalue weighted by molar-refractivity contribution is 6.58. The first-order valence-corrected chi connectivity index (χ1v) is 11.8. The molecule has 176 valence electrons. The van der Waals surface area contributed by atoms with Crippen LogP contribution in [0.5, 0.6) is 0 Å². The van der Waals surface area contributed by atoms with Gasteiger partial charge in [-0.05, 0) is 45.4 Å². The molecule has 0 atom stereocenters. The van der Waals surface area contributed by atoms with Gasteiger partial charge in [-0.3, -0.25) is 4.90 Å². The Kier molecular flexibility index (Phi) is 6.60. The van der Waals surface area contributed by atoms with E-state index in [1.165, 1.54) is 22.3 Å². The van der Waals surface area contributed by atoms with Crippen molar-refractivity contribution in [3.8, 4) is 23.5 Å². The fraction of sp³-hybridized carbons (Fsp3) is 0.250. The zero-order valence-electron chi connectivity index (χ0n) is 19.4. The lowest BCUT2D eigenvalue weighted by molar-refractivity contribution is 0.0728. The summed E-state index contributed by atoms with van der Waals surface area (Å²) in [5, 5.41) is 19.0. The van der Waals surface area contributed by atoms with Gasteiger partial charge in [0.1, 0.15) is 6.61 Å². The number of fused-ring (bicyclic) bond motifs is 3. The maximum Gasteiger partial charge on any atom is 0.488 e. The molecule has 6 nitrogen and oxygen atoms in total. The summed E-state index contributed by atoms with van der Waals surface area (Å²) in [4.78, 5) is 16.8. The highest BCUT2D eigenvalue weighted by Crippen LogP contribution is 2.44. The van der Waals surface area contributed by atoms with Crippen molar-refractivity contribution in [3.05, 3.63) is 89.0 Å². The average molecular weight is 466 g/mol. The van der Waals surface area contributed by atoms with E-state index in [1.807, 2.05) is 30.3 Å². The molecule has 0 unspecified atom stereocenters. The minimum atomic E-state index is -1.56. The Balaban J connectivity index is 1.17. The summed E-state index contributed by atoms with van der Waals surface area (Å²) >= 11 is 0. The number of piperazine rings is 1. The van der Waals surface area contributed by atoms with E-state index in [0.29, 0.717) is 50.4 Å². The van der Waals surface area contributed by atoms with E-state index >= 15 is 0 Å². The van der Waals surface area contributed by atoms with Crippen LogP contribution in [0.25, 0.3) is 11.1 Å². The molecule has 5 rings (SSSR count). The van der Waals surface area contributed by atoms with Crippen molar-refractivity contribution >= 4 is 18.7 Å². The summed E-state index contributed by atoms with van der Waals surface area (Å²) in [6.45, 7) is 3.47. The second-order valence-electron chi connectivity index (χ2n) is 9.05. The second kappa shape index (κ2) is 9.97. The van der Waals surface area contributed by atoms with Gasteiger partial charge in [-0.2, -0.15) is 0 Å². The number of hydrogen-bond donors (Lipinski definition) is 2. The number of nitrogens with zero attached hydrogens (tertiary/aromatic N) is 2. The number of hydrogen-bond acceptors (Lipinski definition) is 5. The van der Waals surface area contributed by atoms with Crippen LogP contribution in [0.4, 0.5) is 4.79 Å². The average Bonchev–Trinajstić information content (AvgIpc) is 3.21. The Bertz CT molecular complexity index is 1230. The topological polar surface area (TPSA) is 73.2 Å². The van der Waals surface area contributed by atoms with Gasteiger partial charge in [-0.25, -0.2) is 4.79 Å². The van der Waals surface area contributed by atoms with Gasteiger partial charge in [-0.1, -0.05) is 60.5 Å². The fourth-order valence-corrected chi connectivity index (χ4v) is 5.07. The van der Waals surface area contributed by atoms with Crippen molar-refractivity contribution in [1.29, 1.82) is 0 Å². The van der Waals surface area contributed by atoms with Crippen LogP contribution >= 0.6 is 0 Å². The molecule has 35 heavy (non-hydrogen) atoms. The Morgan fingerprint density at radius 3 is 2.20 bits per heavy atom. The van der Waals surface area contributed by atoms with Crippen molar-refractivity contribution in [2.75, 3.05) is 32.8 Å². The molecule has 2 aliphatic rings. The van der Waals surface area contributed by atoms with Gasteiger partial charge in [-0.15, -0.1) is 6.42 Å². The second-order valence-corrected chi connectivity index (χ2v) is 9.05. The maximum atomic E-state index is 12.9. The van der Waals surface area contributed by atoms with Crippen LogP contribution in [0, 0.1) is 12.3 Å². The predicted octanol–water partition coefficient (Wildman–Crippen LogP) is 2.41. The van der Waals surface area contributed by atoms with Gasteiger partial charge in [0, 0.05) is 44.2 Å². The summed E-state index contributed by atoms with van der Waals surface area (Å²) in [7, 11) is -1.56. The Hall–Kier alpha value is -3.57. The molecule has 0 spiro atoms. The smallest absolute Gasteiger partial charge is 0.448 e. The van der Waals surface area contributed by atoms with Crippen molar-refractivity contribution in [3.63, 3.8) is 0 Å². The molecule has 0 bridgehead atoms. The zero-order chi connectivity index (χ0) is 24.4. The predicted molar refractivity (Wildman–Crippen MR) is 136 cm³/mol. The first-order chi connectivity index (χ1) is 17.0. The minimum absolute atomic E-state index is 0.0483. The van der Waals surface area contributed by atoms with E-state index < -0.39 is 7.12 Å². The summed E-state index contributed by atoms with van der Waals surface area (Å²) in [5.74, 6) is 2.61. The van der Waals surface area contributed by atoms with Gasteiger partial charge < -0.3 is 19.7 Å². The number of carbonyl (C=O) groups excluding carboxylic acids is 1. The van der Waals surface area contributed by atoms with Crippen molar-refractivity contribution < 1.29 is 19.6 Å².